The lowest BCUT2D eigenvalue weighted by Crippen LogP contribution is -2.43. The minimum absolute atomic E-state index is 0.0333. The van der Waals surface area contributed by atoms with Gasteiger partial charge in [0.15, 0.2) is 0 Å². The molecule has 1 aromatic carbocycles. The van der Waals surface area contributed by atoms with Crippen molar-refractivity contribution in [2.24, 2.45) is 0 Å². The lowest BCUT2D eigenvalue weighted by molar-refractivity contribution is -0.118. The number of carbonyl (C=O) groups is 2. The third-order valence-corrected chi connectivity index (χ3v) is 4.31. The highest BCUT2D eigenvalue weighted by atomic mass is 16.3. The third kappa shape index (κ3) is 4.61. The van der Waals surface area contributed by atoms with E-state index in [4.69, 9.17) is 0 Å². The summed E-state index contributed by atoms with van der Waals surface area (Å²) in [6.07, 6.45) is 3.24. The highest BCUT2D eigenvalue weighted by molar-refractivity contribution is 5.96. The van der Waals surface area contributed by atoms with Crippen LogP contribution in [0.15, 0.2) is 24.3 Å². The molecule has 0 unspecified atom stereocenters. The van der Waals surface area contributed by atoms with Gasteiger partial charge in [-0.05, 0) is 37.8 Å². The van der Waals surface area contributed by atoms with Gasteiger partial charge < -0.3 is 20.6 Å². The fraction of sp³-hybridized carbons (Fsp3) is 0.529. The molecule has 0 atom stereocenters. The van der Waals surface area contributed by atoms with Gasteiger partial charge in [0.2, 0.25) is 5.91 Å². The van der Waals surface area contributed by atoms with E-state index in [2.05, 4.69) is 20.9 Å². The first-order chi connectivity index (χ1) is 11.6. The standard InChI is InChI=1S/C17H24N4O3/c22-13-7-9-21(10-8-13)15-4-2-1-3-14(15)18-11-16(23)20-17(24)19-12-5-6-12/h1-4,12-13,18,22H,5-11H2,(H2,19,20,23,24). The number of urea groups is 1. The van der Waals surface area contributed by atoms with E-state index < -0.39 is 6.03 Å². The first-order valence-corrected chi connectivity index (χ1v) is 8.48. The molecule has 0 spiro atoms. The number of amides is 3. The fourth-order valence-electron chi connectivity index (χ4n) is 2.80. The van der Waals surface area contributed by atoms with Gasteiger partial charge in [-0.3, -0.25) is 10.1 Å². The summed E-state index contributed by atoms with van der Waals surface area (Å²) in [7, 11) is 0. The molecule has 1 heterocycles. The number of hydrogen-bond acceptors (Lipinski definition) is 5. The molecular formula is C17H24N4O3. The molecule has 0 radical (unpaired) electrons. The molecule has 7 nitrogen and oxygen atoms in total. The summed E-state index contributed by atoms with van der Waals surface area (Å²) in [6, 6.07) is 7.57. The smallest absolute Gasteiger partial charge is 0.321 e. The average molecular weight is 332 g/mol. The van der Waals surface area contributed by atoms with Crippen LogP contribution in [0.2, 0.25) is 0 Å². The summed E-state index contributed by atoms with van der Waals surface area (Å²) in [5, 5.41) is 17.8. The molecule has 1 aliphatic heterocycles. The number of nitrogens with one attached hydrogen (secondary N) is 3. The normalized spacial score (nSPS) is 18.1. The number of anilines is 2. The molecule has 1 aromatic rings. The summed E-state index contributed by atoms with van der Waals surface area (Å²) in [5.74, 6) is -0.364. The number of piperidine rings is 1. The molecule has 0 aromatic heterocycles. The number of aliphatic hydroxyl groups is 1. The van der Waals surface area contributed by atoms with Crippen molar-refractivity contribution in [3.8, 4) is 0 Å². The second-order valence-corrected chi connectivity index (χ2v) is 6.38. The van der Waals surface area contributed by atoms with Gasteiger partial charge in [0.1, 0.15) is 0 Å². The quantitative estimate of drug-likeness (QED) is 0.647. The molecule has 2 aliphatic rings. The van der Waals surface area contributed by atoms with Crippen LogP contribution in [-0.4, -0.2) is 48.8 Å². The van der Waals surface area contributed by atoms with Gasteiger partial charge >= 0.3 is 6.03 Å². The van der Waals surface area contributed by atoms with Gasteiger partial charge in [0.25, 0.3) is 0 Å². The van der Waals surface area contributed by atoms with Crippen molar-refractivity contribution in [1.29, 1.82) is 0 Å². The third-order valence-electron chi connectivity index (χ3n) is 4.31. The average Bonchev–Trinajstić information content (AvgIpc) is 3.38. The Bertz CT molecular complexity index is 595. The molecule has 3 rings (SSSR count). The zero-order chi connectivity index (χ0) is 16.9. The Morgan fingerprint density at radius 2 is 1.83 bits per heavy atom. The molecular weight excluding hydrogens is 308 g/mol. The van der Waals surface area contributed by atoms with Crippen LogP contribution in [0, 0.1) is 0 Å². The molecule has 24 heavy (non-hydrogen) atoms. The highest BCUT2D eigenvalue weighted by Crippen LogP contribution is 2.28. The highest BCUT2D eigenvalue weighted by Gasteiger charge is 2.24. The fourth-order valence-corrected chi connectivity index (χ4v) is 2.80. The number of rotatable bonds is 5. The molecule has 1 saturated carbocycles. The minimum Gasteiger partial charge on any atom is -0.393 e. The first kappa shape index (κ1) is 16.6. The molecule has 130 valence electrons. The second kappa shape index (κ2) is 7.53. The van der Waals surface area contributed by atoms with E-state index in [1.165, 1.54) is 0 Å². The Hall–Kier alpha value is -2.28. The van der Waals surface area contributed by atoms with E-state index in [-0.39, 0.29) is 24.6 Å². The van der Waals surface area contributed by atoms with Crippen molar-refractivity contribution >= 4 is 23.3 Å². The predicted molar refractivity (Wildman–Crippen MR) is 92.1 cm³/mol. The van der Waals surface area contributed by atoms with Crippen LogP contribution >= 0.6 is 0 Å². The van der Waals surface area contributed by atoms with Crippen LogP contribution in [0.1, 0.15) is 25.7 Å². The van der Waals surface area contributed by atoms with Gasteiger partial charge in [-0.2, -0.15) is 0 Å². The van der Waals surface area contributed by atoms with Crippen molar-refractivity contribution in [1.82, 2.24) is 10.6 Å². The molecule has 2 fully saturated rings. The van der Waals surface area contributed by atoms with E-state index >= 15 is 0 Å². The topological polar surface area (TPSA) is 93.7 Å². The zero-order valence-electron chi connectivity index (χ0n) is 13.6. The minimum atomic E-state index is -0.428. The molecule has 1 aliphatic carbocycles. The SMILES string of the molecule is O=C(CNc1ccccc1N1CCC(O)CC1)NC(=O)NC1CC1. The Balaban J connectivity index is 1.52. The van der Waals surface area contributed by atoms with Crippen LogP contribution in [0.4, 0.5) is 16.2 Å². The number of nitrogens with zero attached hydrogens (tertiary/aromatic N) is 1. The number of carbonyl (C=O) groups excluding carboxylic acids is 2. The van der Waals surface area contributed by atoms with Crippen LogP contribution in [-0.2, 0) is 4.79 Å². The maximum absolute atomic E-state index is 11.9. The summed E-state index contributed by atoms with van der Waals surface area (Å²) in [6.45, 7) is 1.61. The van der Waals surface area contributed by atoms with Gasteiger partial charge in [-0.25, -0.2) is 4.79 Å². The van der Waals surface area contributed by atoms with Gasteiger partial charge in [0.05, 0.1) is 24.0 Å². The van der Waals surface area contributed by atoms with E-state index in [0.717, 1.165) is 50.1 Å². The number of hydrogen-bond donors (Lipinski definition) is 4. The first-order valence-electron chi connectivity index (χ1n) is 8.48. The molecule has 3 amide bonds. The van der Waals surface area contributed by atoms with E-state index in [0.29, 0.717) is 0 Å². The van der Waals surface area contributed by atoms with Crippen molar-refractivity contribution in [2.45, 2.75) is 37.8 Å². The van der Waals surface area contributed by atoms with E-state index in [1.54, 1.807) is 0 Å². The maximum Gasteiger partial charge on any atom is 0.321 e. The largest absolute Gasteiger partial charge is 0.393 e. The van der Waals surface area contributed by atoms with Crippen LogP contribution < -0.4 is 20.9 Å². The maximum atomic E-state index is 11.9. The van der Waals surface area contributed by atoms with E-state index in [9.17, 15) is 14.7 Å². The van der Waals surface area contributed by atoms with Crippen LogP contribution in [0.3, 0.4) is 0 Å². The van der Waals surface area contributed by atoms with E-state index in [1.807, 2.05) is 24.3 Å². The second-order valence-electron chi connectivity index (χ2n) is 6.38. The summed E-state index contributed by atoms with van der Waals surface area (Å²) < 4.78 is 0. The van der Waals surface area contributed by atoms with Crippen LogP contribution in [0.5, 0.6) is 0 Å². The van der Waals surface area contributed by atoms with Crippen molar-refractivity contribution in [3.05, 3.63) is 24.3 Å². The van der Waals surface area contributed by atoms with Gasteiger partial charge in [-0.1, -0.05) is 12.1 Å². The number of para-hydroxylation sites is 2. The summed E-state index contributed by atoms with van der Waals surface area (Å²) in [4.78, 5) is 25.6. The predicted octanol–water partition coefficient (Wildman–Crippen LogP) is 1.05. The number of imide groups is 1. The summed E-state index contributed by atoms with van der Waals surface area (Å²) in [5.41, 5.74) is 1.87. The lowest BCUT2D eigenvalue weighted by atomic mass is 10.1. The van der Waals surface area contributed by atoms with Crippen molar-refractivity contribution < 1.29 is 14.7 Å². The Kier molecular flexibility index (Phi) is 5.20. The van der Waals surface area contributed by atoms with Crippen LogP contribution in [0.25, 0.3) is 0 Å². The van der Waals surface area contributed by atoms with Crippen molar-refractivity contribution in [3.63, 3.8) is 0 Å². The molecule has 1 saturated heterocycles. The molecule has 7 heteroatoms. The number of aliphatic hydroxyl groups excluding tert-OH is 1. The monoisotopic (exact) mass is 332 g/mol. The van der Waals surface area contributed by atoms with Gasteiger partial charge in [0, 0.05) is 19.1 Å². The lowest BCUT2D eigenvalue weighted by Gasteiger charge is -2.32. The zero-order valence-corrected chi connectivity index (χ0v) is 13.6. The number of benzene rings is 1. The summed E-state index contributed by atoms with van der Waals surface area (Å²) >= 11 is 0. The van der Waals surface area contributed by atoms with Crippen molar-refractivity contribution in [2.75, 3.05) is 29.9 Å². The molecule has 4 N–H and O–H groups in total. The van der Waals surface area contributed by atoms with Gasteiger partial charge in [-0.15, -0.1) is 0 Å². The Labute approximate surface area is 141 Å². The Morgan fingerprint density at radius 3 is 2.54 bits per heavy atom. The molecule has 0 bridgehead atoms. The Morgan fingerprint density at radius 1 is 1.12 bits per heavy atom.